The molecular formula is C15H25NO3. The van der Waals surface area contributed by atoms with Gasteiger partial charge in [-0.2, -0.15) is 0 Å². The molecule has 1 aliphatic rings. The summed E-state index contributed by atoms with van der Waals surface area (Å²) in [6.07, 6.45) is 9.79. The van der Waals surface area contributed by atoms with Gasteiger partial charge >= 0.3 is 0 Å². The van der Waals surface area contributed by atoms with E-state index in [0.29, 0.717) is 12.3 Å². The molecule has 0 aromatic heterocycles. The number of rotatable bonds is 9. The van der Waals surface area contributed by atoms with Gasteiger partial charge < -0.3 is 4.74 Å². The number of allylic oxidation sites excluding steroid dienone is 1. The number of nitrogens with one attached hydrogen (secondary N) is 1. The standard InChI is InChI=1S/C15H25NO3/c1-3-4-5-6-7-8-9-10-13(17)11-14-16-15(18)12(2)19-14/h11-12H,3-10H2,1-2H3,(H,16,18)/b14-11+. The van der Waals surface area contributed by atoms with E-state index in [2.05, 4.69) is 12.2 Å². The number of ketones is 1. The molecule has 1 aliphatic heterocycles. The third-order valence-electron chi connectivity index (χ3n) is 3.24. The van der Waals surface area contributed by atoms with Crippen molar-refractivity contribution in [2.24, 2.45) is 0 Å². The van der Waals surface area contributed by atoms with Crippen LogP contribution in [0.25, 0.3) is 0 Å². The lowest BCUT2D eigenvalue weighted by atomic mass is 10.1. The van der Waals surface area contributed by atoms with E-state index in [4.69, 9.17) is 4.74 Å². The van der Waals surface area contributed by atoms with Gasteiger partial charge in [-0.3, -0.25) is 14.9 Å². The summed E-state index contributed by atoms with van der Waals surface area (Å²) in [6, 6.07) is 0. The maximum absolute atomic E-state index is 11.6. The zero-order valence-corrected chi connectivity index (χ0v) is 12.0. The fourth-order valence-electron chi connectivity index (χ4n) is 2.04. The molecule has 108 valence electrons. The summed E-state index contributed by atoms with van der Waals surface area (Å²) >= 11 is 0. The molecule has 4 heteroatoms. The molecule has 1 rings (SSSR count). The summed E-state index contributed by atoms with van der Waals surface area (Å²) < 4.78 is 5.20. The number of hydrogen-bond donors (Lipinski definition) is 1. The number of carbonyl (C=O) groups is 2. The van der Waals surface area contributed by atoms with Gasteiger partial charge in [0, 0.05) is 12.5 Å². The van der Waals surface area contributed by atoms with Gasteiger partial charge in [-0.15, -0.1) is 0 Å². The fraction of sp³-hybridized carbons (Fsp3) is 0.733. The second-order valence-corrected chi connectivity index (χ2v) is 5.10. The topological polar surface area (TPSA) is 55.4 Å². The molecule has 1 N–H and O–H groups in total. The largest absolute Gasteiger partial charge is 0.466 e. The number of unbranched alkanes of at least 4 members (excludes halogenated alkanes) is 6. The van der Waals surface area contributed by atoms with Gasteiger partial charge in [0.15, 0.2) is 17.8 Å². The summed E-state index contributed by atoms with van der Waals surface area (Å²) in [6.45, 7) is 3.87. The first-order valence-electron chi connectivity index (χ1n) is 7.35. The van der Waals surface area contributed by atoms with Crippen LogP contribution in [0.1, 0.15) is 65.2 Å². The minimum absolute atomic E-state index is 0.0259. The molecule has 1 saturated heterocycles. The average Bonchev–Trinajstić information content (AvgIpc) is 2.67. The molecule has 0 aromatic carbocycles. The van der Waals surface area contributed by atoms with Crippen molar-refractivity contribution in [3.63, 3.8) is 0 Å². The molecule has 0 aromatic rings. The minimum atomic E-state index is -0.488. The van der Waals surface area contributed by atoms with Crippen LogP contribution in [0, 0.1) is 0 Å². The molecule has 1 atom stereocenters. The Morgan fingerprint density at radius 3 is 2.42 bits per heavy atom. The van der Waals surface area contributed by atoms with Crippen molar-refractivity contribution in [3.05, 3.63) is 12.0 Å². The lowest BCUT2D eigenvalue weighted by molar-refractivity contribution is -0.122. The minimum Gasteiger partial charge on any atom is -0.466 e. The van der Waals surface area contributed by atoms with E-state index < -0.39 is 6.10 Å². The van der Waals surface area contributed by atoms with Crippen LogP contribution in [0.4, 0.5) is 0 Å². The molecule has 4 nitrogen and oxygen atoms in total. The Balaban J connectivity index is 2.08. The van der Waals surface area contributed by atoms with Crippen LogP contribution < -0.4 is 5.32 Å². The van der Waals surface area contributed by atoms with E-state index in [1.54, 1.807) is 6.92 Å². The number of ether oxygens (including phenoxy) is 1. The maximum Gasteiger partial charge on any atom is 0.267 e. The van der Waals surface area contributed by atoms with Gasteiger partial charge in [0.2, 0.25) is 0 Å². The Kier molecular flexibility index (Phi) is 7.23. The number of hydrogen-bond acceptors (Lipinski definition) is 3. The van der Waals surface area contributed by atoms with Crippen LogP contribution in [0.15, 0.2) is 12.0 Å². The monoisotopic (exact) mass is 267 g/mol. The Labute approximate surface area is 115 Å². The first kappa shape index (κ1) is 15.7. The molecule has 19 heavy (non-hydrogen) atoms. The first-order chi connectivity index (χ1) is 9.13. The molecule has 0 saturated carbocycles. The van der Waals surface area contributed by atoms with Crippen molar-refractivity contribution < 1.29 is 14.3 Å². The second kappa shape index (κ2) is 8.73. The Hall–Kier alpha value is -1.32. The van der Waals surface area contributed by atoms with E-state index in [9.17, 15) is 9.59 Å². The molecule has 1 fully saturated rings. The van der Waals surface area contributed by atoms with Crippen molar-refractivity contribution in [2.75, 3.05) is 0 Å². The normalized spacial score (nSPS) is 20.4. The van der Waals surface area contributed by atoms with Gasteiger partial charge in [-0.05, 0) is 13.3 Å². The lowest BCUT2D eigenvalue weighted by Gasteiger charge is -2.01. The summed E-state index contributed by atoms with van der Waals surface area (Å²) in [5.74, 6) is 0.137. The summed E-state index contributed by atoms with van der Waals surface area (Å²) in [5.41, 5.74) is 0. The Morgan fingerprint density at radius 1 is 1.21 bits per heavy atom. The highest BCUT2D eigenvalue weighted by atomic mass is 16.5. The lowest BCUT2D eigenvalue weighted by Crippen LogP contribution is -2.20. The zero-order valence-electron chi connectivity index (χ0n) is 12.0. The first-order valence-corrected chi connectivity index (χ1v) is 7.35. The zero-order chi connectivity index (χ0) is 14.1. The van der Waals surface area contributed by atoms with E-state index >= 15 is 0 Å². The van der Waals surface area contributed by atoms with Crippen LogP contribution in [0.2, 0.25) is 0 Å². The van der Waals surface area contributed by atoms with Crippen molar-refractivity contribution in [1.82, 2.24) is 5.32 Å². The van der Waals surface area contributed by atoms with Crippen LogP contribution in [0.3, 0.4) is 0 Å². The average molecular weight is 267 g/mol. The van der Waals surface area contributed by atoms with Crippen molar-refractivity contribution in [1.29, 1.82) is 0 Å². The molecule has 1 unspecified atom stereocenters. The predicted molar refractivity (Wildman–Crippen MR) is 74.4 cm³/mol. The number of carbonyl (C=O) groups excluding carboxylic acids is 2. The smallest absolute Gasteiger partial charge is 0.267 e. The van der Waals surface area contributed by atoms with Crippen molar-refractivity contribution >= 4 is 11.7 Å². The predicted octanol–water partition coefficient (Wildman–Crippen LogP) is 3.07. The molecule has 0 bridgehead atoms. The van der Waals surface area contributed by atoms with E-state index in [1.165, 1.54) is 38.2 Å². The van der Waals surface area contributed by atoms with Gasteiger partial charge in [0.05, 0.1) is 0 Å². The van der Waals surface area contributed by atoms with Gasteiger partial charge in [0.1, 0.15) is 0 Å². The fourth-order valence-corrected chi connectivity index (χ4v) is 2.04. The highest BCUT2D eigenvalue weighted by Crippen LogP contribution is 2.11. The molecular weight excluding hydrogens is 242 g/mol. The Bertz CT molecular complexity index is 336. The molecule has 1 heterocycles. The van der Waals surface area contributed by atoms with Crippen molar-refractivity contribution in [3.8, 4) is 0 Å². The van der Waals surface area contributed by atoms with Gasteiger partial charge in [0.25, 0.3) is 5.91 Å². The summed E-state index contributed by atoms with van der Waals surface area (Å²) in [4.78, 5) is 22.8. The second-order valence-electron chi connectivity index (χ2n) is 5.10. The van der Waals surface area contributed by atoms with E-state index in [0.717, 1.165) is 12.8 Å². The summed E-state index contributed by atoms with van der Waals surface area (Å²) in [7, 11) is 0. The molecule has 1 amide bonds. The van der Waals surface area contributed by atoms with E-state index in [-0.39, 0.29) is 11.7 Å². The number of amides is 1. The van der Waals surface area contributed by atoms with Crippen LogP contribution in [-0.2, 0) is 14.3 Å². The molecule has 0 spiro atoms. The quantitative estimate of drug-likeness (QED) is 0.516. The van der Waals surface area contributed by atoms with Gasteiger partial charge in [-0.1, -0.05) is 45.4 Å². The Morgan fingerprint density at radius 2 is 1.84 bits per heavy atom. The third-order valence-corrected chi connectivity index (χ3v) is 3.24. The third kappa shape index (κ3) is 6.41. The highest BCUT2D eigenvalue weighted by Gasteiger charge is 2.25. The van der Waals surface area contributed by atoms with Crippen LogP contribution in [-0.4, -0.2) is 17.8 Å². The molecule has 0 aliphatic carbocycles. The van der Waals surface area contributed by atoms with Crippen LogP contribution >= 0.6 is 0 Å². The maximum atomic E-state index is 11.6. The van der Waals surface area contributed by atoms with Crippen molar-refractivity contribution in [2.45, 2.75) is 71.3 Å². The van der Waals surface area contributed by atoms with Crippen LogP contribution in [0.5, 0.6) is 0 Å². The van der Waals surface area contributed by atoms with E-state index in [1.807, 2.05) is 0 Å². The van der Waals surface area contributed by atoms with Gasteiger partial charge in [-0.25, -0.2) is 0 Å². The SMILES string of the molecule is CCCCCCCCCC(=O)/C=C1\NC(=O)C(C)O1. The highest BCUT2D eigenvalue weighted by molar-refractivity contribution is 5.92. The molecule has 0 radical (unpaired) electrons. The summed E-state index contributed by atoms with van der Waals surface area (Å²) in [5, 5.41) is 2.54.